The summed E-state index contributed by atoms with van der Waals surface area (Å²) in [5, 5.41) is 3.44. The van der Waals surface area contributed by atoms with Crippen molar-refractivity contribution in [2.24, 2.45) is 0 Å². The number of carbonyl (C=O) groups excluding carboxylic acids is 1. The third kappa shape index (κ3) is 2.87. The average Bonchev–Trinajstić information content (AvgIpc) is 2.75. The van der Waals surface area contributed by atoms with Gasteiger partial charge in [0.05, 0.1) is 4.88 Å². The van der Waals surface area contributed by atoms with Crippen molar-refractivity contribution < 1.29 is 4.79 Å². The maximum absolute atomic E-state index is 12.3. The predicted octanol–water partition coefficient (Wildman–Crippen LogP) is 2.13. The van der Waals surface area contributed by atoms with E-state index in [0.717, 1.165) is 24.4 Å². The lowest BCUT2D eigenvalue weighted by Crippen LogP contribution is -2.55. The monoisotopic (exact) mass is 252 g/mol. The molecule has 0 aliphatic carbocycles. The topological polar surface area (TPSA) is 32.3 Å². The van der Waals surface area contributed by atoms with E-state index in [4.69, 9.17) is 0 Å². The highest BCUT2D eigenvalue weighted by Gasteiger charge is 2.26. The van der Waals surface area contributed by atoms with E-state index in [1.54, 1.807) is 11.3 Å². The Morgan fingerprint density at radius 2 is 2.06 bits per heavy atom. The molecule has 0 spiro atoms. The van der Waals surface area contributed by atoms with Gasteiger partial charge >= 0.3 is 0 Å². The zero-order valence-corrected chi connectivity index (χ0v) is 11.5. The molecule has 1 aromatic rings. The maximum atomic E-state index is 12.3. The Bertz CT molecular complexity index is 392. The molecule has 2 unspecified atom stereocenters. The van der Waals surface area contributed by atoms with Gasteiger partial charge in [-0.2, -0.15) is 0 Å². The van der Waals surface area contributed by atoms with Crippen LogP contribution in [0.3, 0.4) is 0 Å². The molecule has 1 fully saturated rings. The van der Waals surface area contributed by atoms with Gasteiger partial charge in [0.1, 0.15) is 0 Å². The molecule has 2 rings (SSSR count). The smallest absolute Gasteiger partial charge is 0.264 e. The molecule has 0 radical (unpaired) electrons. The first-order chi connectivity index (χ1) is 8.10. The molecule has 3 nitrogen and oxygen atoms in total. The van der Waals surface area contributed by atoms with Gasteiger partial charge in [-0.15, -0.1) is 11.3 Å². The van der Waals surface area contributed by atoms with Crippen molar-refractivity contribution in [3.05, 3.63) is 21.9 Å². The van der Waals surface area contributed by atoms with Crippen molar-refractivity contribution in [2.75, 3.05) is 13.1 Å². The van der Waals surface area contributed by atoms with Crippen molar-refractivity contribution in [3.63, 3.8) is 0 Å². The summed E-state index contributed by atoms with van der Waals surface area (Å²) in [5.41, 5.74) is 0. The molecule has 2 heterocycles. The van der Waals surface area contributed by atoms with E-state index in [0.29, 0.717) is 12.1 Å². The van der Waals surface area contributed by atoms with Crippen molar-refractivity contribution in [1.82, 2.24) is 10.2 Å². The molecule has 1 saturated heterocycles. The number of amides is 1. The van der Waals surface area contributed by atoms with Crippen LogP contribution < -0.4 is 5.32 Å². The number of carbonyl (C=O) groups is 1. The van der Waals surface area contributed by atoms with E-state index in [-0.39, 0.29) is 5.91 Å². The van der Waals surface area contributed by atoms with Gasteiger partial charge in [-0.1, -0.05) is 6.92 Å². The average molecular weight is 252 g/mol. The summed E-state index contributed by atoms with van der Waals surface area (Å²) in [6.45, 7) is 7.99. The molecule has 0 saturated carbocycles. The Morgan fingerprint density at radius 3 is 2.59 bits per heavy atom. The van der Waals surface area contributed by atoms with Gasteiger partial charge < -0.3 is 10.2 Å². The third-order valence-electron chi connectivity index (χ3n) is 3.07. The Morgan fingerprint density at radius 1 is 1.41 bits per heavy atom. The molecule has 2 atom stereocenters. The zero-order valence-electron chi connectivity index (χ0n) is 10.7. The van der Waals surface area contributed by atoms with E-state index in [9.17, 15) is 4.79 Å². The summed E-state index contributed by atoms with van der Waals surface area (Å²) in [6.07, 6.45) is 1.01. The van der Waals surface area contributed by atoms with Gasteiger partial charge in [-0.25, -0.2) is 0 Å². The van der Waals surface area contributed by atoms with Crippen LogP contribution in [0.1, 0.15) is 35.3 Å². The molecule has 1 amide bonds. The summed E-state index contributed by atoms with van der Waals surface area (Å²) in [4.78, 5) is 16.5. The van der Waals surface area contributed by atoms with Crippen LogP contribution in [0.15, 0.2) is 12.1 Å². The second kappa shape index (κ2) is 5.19. The molecule has 1 aliphatic rings. The second-order valence-corrected chi connectivity index (χ2v) is 5.97. The van der Waals surface area contributed by atoms with Crippen LogP contribution in [-0.2, 0) is 6.42 Å². The van der Waals surface area contributed by atoms with Crippen LogP contribution in [0.2, 0.25) is 0 Å². The lowest BCUT2D eigenvalue weighted by molar-refractivity contribution is 0.0678. The highest BCUT2D eigenvalue weighted by Crippen LogP contribution is 2.20. The molecule has 17 heavy (non-hydrogen) atoms. The number of nitrogens with zero attached hydrogens (tertiary/aromatic N) is 1. The number of thiophene rings is 1. The summed E-state index contributed by atoms with van der Waals surface area (Å²) >= 11 is 1.63. The number of aryl methyl sites for hydroxylation is 1. The molecule has 94 valence electrons. The van der Waals surface area contributed by atoms with Crippen molar-refractivity contribution in [1.29, 1.82) is 0 Å². The minimum absolute atomic E-state index is 0.190. The van der Waals surface area contributed by atoms with E-state index >= 15 is 0 Å². The first-order valence-electron chi connectivity index (χ1n) is 6.24. The van der Waals surface area contributed by atoms with Gasteiger partial charge in [0.25, 0.3) is 5.91 Å². The van der Waals surface area contributed by atoms with Crippen molar-refractivity contribution in [2.45, 2.75) is 39.3 Å². The first-order valence-corrected chi connectivity index (χ1v) is 7.05. The highest BCUT2D eigenvalue weighted by atomic mass is 32.1. The third-order valence-corrected chi connectivity index (χ3v) is 4.28. The fourth-order valence-electron chi connectivity index (χ4n) is 2.33. The van der Waals surface area contributed by atoms with Crippen LogP contribution in [0.4, 0.5) is 0 Å². The molecule has 0 aromatic carbocycles. The number of hydrogen-bond donors (Lipinski definition) is 1. The first kappa shape index (κ1) is 12.6. The lowest BCUT2D eigenvalue weighted by Gasteiger charge is -2.35. The Balaban J connectivity index is 2.08. The van der Waals surface area contributed by atoms with Crippen LogP contribution in [0.25, 0.3) is 0 Å². The van der Waals surface area contributed by atoms with E-state index in [1.807, 2.05) is 11.0 Å². The second-order valence-electron chi connectivity index (χ2n) is 4.80. The van der Waals surface area contributed by atoms with Gasteiger partial charge in [0.15, 0.2) is 0 Å². The quantitative estimate of drug-likeness (QED) is 0.874. The number of rotatable bonds is 2. The van der Waals surface area contributed by atoms with Gasteiger partial charge in [-0.05, 0) is 32.4 Å². The Labute approximate surface area is 107 Å². The highest BCUT2D eigenvalue weighted by molar-refractivity contribution is 7.14. The van der Waals surface area contributed by atoms with Crippen LogP contribution >= 0.6 is 11.3 Å². The fourth-order valence-corrected chi connectivity index (χ4v) is 3.25. The van der Waals surface area contributed by atoms with Crippen LogP contribution in [0.5, 0.6) is 0 Å². The van der Waals surface area contributed by atoms with Gasteiger partial charge in [0.2, 0.25) is 0 Å². The normalized spacial score (nSPS) is 25.0. The summed E-state index contributed by atoms with van der Waals surface area (Å²) in [6, 6.07) is 4.79. The van der Waals surface area contributed by atoms with E-state index in [2.05, 4.69) is 32.2 Å². The van der Waals surface area contributed by atoms with E-state index < -0.39 is 0 Å². The molecule has 0 bridgehead atoms. The Kier molecular flexibility index (Phi) is 3.84. The van der Waals surface area contributed by atoms with Gasteiger partial charge in [0, 0.05) is 30.1 Å². The summed E-state index contributed by atoms with van der Waals surface area (Å²) in [5.74, 6) is 0.190. The van der Waals surface area contributed by atoms with Crippen LogP contribution in [-0.4, -0.2) is 36.0 Å². The van der Waals surface area contributed by atoms with Crippen molar-refractivity contribution >= 4 is 17.2 Å². The molecular formula is C13H20N2OS. The molecular weight excluding hydrogens is 232 g/mol. The fraction of sp³-hybridized carbons (Fsp3) is 0.615. The molecule has 1 aliphatic heterocycles. The molecule has 1 aromatic heterocycles. The summed E-state index contributed by atoms with van der Waals surface area (Å²) < 4.78 is 0. The van der Waals surface area contributed by atoms with Crippen LogP contribution in [0, 0.1) is 0 Å². The number of hydrogen-bond acceptors (Lipinski definition) is 3. The SMILES string of the molecule is CCc1ccc(C(=O)N2CC(C)NC(C)C2)s1. The molecule has 1 N–H and O–H groups in total. The number of nitrogens with one attached hydrogen (secondary N) is 1. The zero-order chi connectivity index (χ0) is 12.4. The Hall–Kier alpha value is -0.870. The minimum atomic E-state index is 0.190. The minimum Gasteiger partial charge on any atom is -0.335 e. The maximum Gasteiger partial charge on any atom is 0.264 e. The van der Waals surface area contributed by atoms with Gasteiger partial charge in [-0.3, -0.25) is 4.79 Å². The number of piperazine rings is 1. The standard InChI is InChI=1S/C13H20N2OS/c1-4-11-5-6-12(17-11)13(16)15-7-9(2)14-10(3)8-15/h5-6,9-10,14H,4,7-8H2,1-3H3. The summed E-state index contributed by atoms with van der Waals surface area (Å²) in [7, 11) is 0. The predicted molar refractivity (Wildman–Crippen MR) is 71.7 cm³/mol. The van der Waals surface area contributed by atoms with Crippen molar-refractivity contribution in [3.8, 4) is 0 Å². The lowest BCUT2D eigenvalue weighted by atomic mass is 10.1. The largest absolute Gasteiger partial charge is 0.335 e. The molecule has 4 heteroatoms. The van der Waals surface area contributed by atoms with E-state index in [1.165, 1.54) is 4.88 Å².